The molecule has 0 aromatic heterocycles. The average Bonchev–Trinajstić information content (AvgIpc) is 2.26. The number of aryl methyl sites for hydroxylation is 1. The van der Waals surface area contributed by atoms with Gasteiger partial charge in [0.25, 0.3) is 0 Å². The number of halogens is 1. The van der Waals surface area contributed by atoms with E-state index in [2.05, 4.69) is 4.90 Å². The van der Waals surface area contributed by atoms with Crippen molar-refractivity contribution in [2.24, 2.45) is 0 Å². The predicted octanol–water partition coefficient (Wildman–Crippen LogP) is 2.19. The zero-order valence-corrected chi connectivity index (χ0v) is 10.1. The van der Waals surface area contributed by atoms with Crippen LogP contribution in [0.3, 0.4) is 0 Å². The highest BCUT2D eigenvalue weighted by Gasteiger charge is 2.10. The molecule has 0 bridgehead atoms. The molecule has 0 aliphatic rings. The van der Waals surface area contributed by atoms with Gasteiger partial charge in [0.05, 0.1) is 18.0 Å². The normalized spacial score (nSPS) is 10.5. The van der Waals surface area contributed by atoms with E-state index in [9.17, 15) is 4.39 Å². The van der Waals surface area contributed by atoms with Crippen LogP contribution in [-0.4, -0.2) is 26.8 Å². The molecule has 0 unspecified atom stereocenters. The molecule has 16 heavy (non-hydrogen) atoms. The minimum absolute atomic E-state index is 0.260. The zero-order valence-electron chi connectivity index (χ0n) is 10.1. The van der Waals surface area contributed by atoms with E-state index in [0.29, 0.717) is 17.9 Å². The van der Waals surface area contributed by atoms with Gasteiger partial charge in [-0.25, -0.2) is 4.39 Å². The summed E-state index contributed by atoms with van der Waals surface area (Å²) in [4.78, 5) is 2.07. The predicted molar refractivity (Wildman–Crippen MR) is 65.3 cm³/mol. The second kappa shape index (κ2) is 5.70. The number of hydrogen-bond acceptors (Lipinski definition) is 3. The van der Waals surface area contributed by atoms with Crippen LogP contribution in [0.25, 0.3) is 0 Å². The lowest BCUT2D eigenvalue weighted by Gasteiger charge is -2.24. The fourth-order valence-corrected chi connectivity index (χ4v) is 1.61. The topological polar surface area (TPSA) is 38.5 Å². The third-order valence-corrected chi connectivity index (χ3v) is 2.60. The molecule has 0 atom stereocenters. The summed E-state index contributed by atoms with van der Waals surface area (Å²) < 4.78 is 18.3. The first-order valence-corrected chi connectivity index (χ1v) is 5.39. The number of benzene rings is 1. The molecule has 4 heteroatoms. The summed E-state index contributed by atoms with van der Waals surface area (Å²) in [6.45, 7) is 5.97. The molecule has 0 heterocycles. The lowest BCUT2D eigenvalue weighted by Crippen LogP contribution is -2.27. The Bertz CT molecular complexity index is 355. The molecule has 0 fully saturated rings. The molecule has 0 saturated heterocycles. The molecule has 1 aromatic carbocycles. The Morgan fingerprint density at radius 2 is 2.12 bits per heavy atom. The van der Waals surface area contributed by atoms with Gasteiger partial charge in [-0.3, -0.25) is 0 Å². The van der Waals surface area contributed by atoms with E-state index >= 15 is 0 Å². The highest BCUT2D eigenvalue weighted by molar-refractivity contribution is 5.68. The maximum atomic E-state index is 13.3. The Labute approximate surface area is 96.0 Å². The van der Waals surface area contributed by atoms with Gasteiger partial charge in [-0.1, -0.05) is 0 Å². The highest BCUT2D eigenvalue weighted by atomic mass is 19.1. The van der Waals surface area contributed by atoms with E-state index in [1.54, 1.807) is 20.1 Å². The van der Waals surface area contributed by atoms with Crippen molar-refractivity contribution in [1.29, 1.82) is 0 Å². The molecule has 2 N–H and O–H groups in total. The SMILES string of the molecule is CCN(CCOC)c1cc(C)c(F)cc1N. The number of anilines is 2. The van der Waals surface area contributed by atoms with Crippen LogP contribution in [0.5, 0.6) is 0 Å². The molecular weight excluding hydrogens is 207 g/mol. The quantitative estimate of drug-likeness (QED) is 0.782. The standard InChI is InChI=1S/C12H19FN2O/c1-4-15(5-6-16-3)12-7-9(2)10(13)8-11(12)14/h7-8H,4-6,14H2,1-3H3. The van der Waals surface area contributed by atoms with E-state index in [1.165, 1.54) is 6.07 Å². The van der Waals surface area contributed by atoms with E-state index in [1.807, 2.05) is 6.92 Å². The van der Waals surface area contributed by atoms with Gasteiger partial charge in [0.1, 0.15) is 5.82 Å². The Hall–Kier alpha value is -1.29. The van der Waals surface area contributed by atoms with Crippen LogP contribution in [0.2, 0.25) is 0 Å². The first-order chi connectivity index (χ1) is 7.60. The van der Waals surface area contributed by atoms with Crippen molar-refractivity contribution >= 4 is 11.4 Å². The van der Waals surface area contributed by atoms with Gasteiger partial charge in [0.2, 0.25) is 0 Å². The molecule has 0 saturated carbocycles. The number of likely N-dealkylation sites (N-methyl/N-ethyl adjacent to an activating group) is 1. The average molecular weight is 226 g/mol. The second-order valence-electron chi connectivity index (χ2n) is 3.73. The molecule has 0 spiro atoms. The molecule has 1 rings (SSSR count). The zero-order chi connectivity index (χ0) is 12.1. The third kappa shape index (κ3) is 2.85. The van der Waals surface area contributed by atoms with Crippen LogP contribution in [0, 0.1) is 12.7 Å². The first kappa shape index (κ1) is 12.8. The summed E-state index contributed by atoms with van der Waals surface area (Å²) in [5, 5.41) is 0. The minimum atomic E-state index is -0.260. The third-order valence-electron chi connectivity index (χ3n) is 2.60. The molecule has 1 aromatic rings. The summed E-state index contributed by atoms with van der Waals surface area (Å²) in [7, 11) is 1.66. The molecule has 3 nitrogen and oxygen atoms in total. The van der Waals surface area contributed by atoms with E-state index < -0.39 is 0 Å². The summed E-state index contributed by atoms with van der Waals surface area (Å²) in [6, 6.07) is 3.16. The number of nitrogens with two attached hydrogens (primary N) is 1. The van der Waals surface area contributed by atoms with Crippen LogP contribution in [0.4, 0.5) is 15.8 Å². The van der Waals surface area contributed by atoms with Crippen molar-refractivity contribution in [2.45, 2.75) is 13.8 Å². The van der Waals surface area contributed by atoms with Crippen LogP contribution >= 0.6 is 0 Å². The summed E-state index contributed by atoms with van der Waals surface area (Å²) in [6.07, 6.45) is 0. The van der Waals surface area contributed by atoms with Crippen molar-refractivity contribution in [3.63, 3.8) is 0 Å². The van der Waals surface area contributed by atoms with Gasteiger partial charge >= 0.3 is 0 Å². The van der Waals surface area contributed by atoms with Crippen LogP contribution in [0.15, 0.2) is 12.1 Å². The largest absolute Gasteiger partial charge is 0.397 e. The Balaban J connectivity index is 2.95. The van der Waals surface area contributed by atoms with Gasteiger partial charge in [-0.15, -0.1) is 0 Å². The Morgan fingerprint density at radius 3 is 2.69 bits per heavy atom. The maximum Gasteiger partial charge on any atom is 0.128 e. The van der Waals surface area contributed by atoms with Crippen LogP contribution in [0.1, 0.15) is 12.5 Å². The van der Waals surface area contributed by atoms with Crippen molar-refractivity contribution in [2.75, 3.05) is 37.4 Å². The smallest absolute Gasteiger partial charge is 0.128 e. The fraction of sp³-hybridized carbons (Fsp3) is 0.500. The van der Waals surface area contributed by atoms with Crippen LogP contribution < -0.4 is 10.6 Å². The van der Waals surface area contributed by atoms with Crippen molar-refractivity contribution in [3.8, 4) is 0 Å². The second-order valence-corrected chi connectivity index (χ2v) is 3.73. The first-order valence-electron chi connectivity index (χ1n) is 5.39. The molecule has 0 aliphatic carbocycles. The lowest BCUT2D eigenvalue weighted by molar-refractivity contribution is 0.205. The molecule has 0 aliphatic heterocycles. The minimum Gasteiger partial charge on any atom is -0.397 e. The Kier molecular flexibility index (Phi) is 4.55. The van der Waals surface area contributed by atoms with Crippen molar-refractivity contribution < 1.29 is 9.13 Å². The van der Waals surface area contributed by atoms with Gasteiger partial charge < -0.3 is 15.4 Å². The monoisotopic (exact) mass is 226 g/mol. The number of ether oxygens (including phenoxy) is 1. The van der Waals surface area contributed by atoms with E-state index in [-0.39, 0.29) is 5.82 Å². The van der Waals surface area contributed by atoms with Crippen molar-refractivity contribution in [1.82, 2.24) is 0 Å². The molecule has 0 radical (unpaired) electrons. The fourth-order valence-electron chi connectivity index (χ4n) is 1.61. The highest BCUT2D eigenvalue weighted by Crippen LogP contribution is 2.26. The number of methoxy groups -OCH3 is 1. The van der Waals surface area contributed by atoms with Gasteiger partial charge in [-0.2, -0.15) is 0 Å². The number of hydrogen-bond donors (Lipinski definition) is 1. The Morgan fingerprint density at radius 1 is 1.44 bits per heavy atom. The van der Waals surface area contributed by atoms with Crippen LogP contribution in [-0.2, 0) is 4.74 Å². The van der Waals surface area contributed by atoms with Gasteiger partial charge in [-0.05, 0) is 31.5 Å². The lowest BCUT2D eigenvalue weighted by atomic mass is 10.1. The number of rotatable bonds is 5. The number of nitrogen functional groups attached to an aromatic ring is 1. The summed E-state index contributed by atoms with van der Waals surface area (Å²) >= 11 is 0. The number of nitrogens with zero attached hydrogens (tertiary/aromatic N) is 1. The summed E-state index contributed by atoms with van der Waals surface area (Å²) in [5.74, 6) is -0.260. The maximum absolute atomic E-state index is 13.3. The summed E-state index contributed by atoms with van der Waals surface area (Å²) in [5.41, 5.74) is 7.77. The molecule has 0 amide bonds. The van der Waals surface area contributed by atoms with E-state index in [0.717, 1.165) is 18.8 Å². The molecule has 90 valence electrons. The van der Waals surface area contributed by atoms with Gasteiger partial charge in [0, 0.05) is 20.2 Å². The van der Waals surface area contributed by atoms with E-state index in [4.69, 9.17) is 10.5 Å². The van der Waals surface area contributed by atoms with Crippen molar-refractivity contribution in [3.05, 3.63) is 23.5 Å². The van der Waals surface area contributed by atoms with Gasteiger partial charge in [0.15, 0.2) is 0 Å². The molecular formula is C12H19FN2O.